The third-order valence-electron chi connectivity index (χ3n) is 9.05. The molecule has 0 bridgehead atoms. The topological polar surface area (TPSA) is 312 Å². The third-order valence-corrected chi connectivity index (χ3v) is 9.05. The van der Waals surface area contributed by atoms with E-state index in [1.807, 2.05) is 173 Å². The molecule has 3 aliphatic rings. The largest absolute Gasteiger partial charge is 0.444 e. The highest BCUT2D eigenvalue weighted by Gasteiger charge is 2.36. The first kappa shape index (κ1) is 79.0. The first-order chi connectivity index (χ1) is 34.7. The summed E-state index contributed by atoms with van der Waals surface area (Å²) in [6.45, 7) is 46.6. The average Bonchev–Trinajstić information content (AvgIpc) is 4.03. The van der Waals surface area contributed by atoms with Crippen molar-refractivity contribution in [3.8, 4) is 0 Å². The molecule has 0 aromatic carbocycles. The fourth-order valence-electron chi connectivity index (χ4n) is 5.29. The molecule has 77 heavy (non-hydrogen) atoms. The average molecular weight is 1110 g/mol. The number of aliphatic hydroxyl groups excluding tert-OH is 4. The number of ether oxygens (including phenoxy) is 3. The van der Waals surface area contributed by atoms with Crippen molar-refractivity contribution in [2.75, 3.05) is 0 Å². The van der Waals surface area contributed by atoms with Crippen molar-refractivity contribution >= 4 is 41.9 Å². The molecule has 3 aliphatic carbocycles. The van der Waals surface area contributed by atoms with Crippen LogP contribution in [0.1, 0.15) is 212 Å². The van der Waals surface area contributed by atoms with Crippen LogP contribution in [-0.4, -0.2) is 146 Å². The molecule has 0 spiro atoms. The van der Waals surface area contributed by atoms with Gasteiger partial charge in [-0.25, -0.2) is 14.4 Å². The molecular formula is C56H113N7O14. The summed E-state index contributed by atoms with van der Waals surface area (Å²) in [6, 6.07) is 0.846. The Hall–Kier alpha value is -4.47. The number of hydrogen-bond donors (Lipinski definition) is 11. The Morgan fingerprint density at radius 1 is 0.325 bits per heavy atom. The molecule has 21 heteroatoms. The molecule has 0 aliphatic heterocycles. The molecule has 3 rings (SSSR count). The molecule has 4 atom stereocenters. The Labute approximate surface area is 464 Å². The number of aliphatic hydroxyl groups is 4. The van der Waals surface area contributed by atoms with E-state index in [1.165, 1.54) is 0 Å². The maximum atomic E-state index is 11.1. The monoisotopic (exact) mass is 1110 g/mol. The highest BCUT2D eigenvalue weighted by molar-refractivity contribution is 5.82. The van der Waals surface area contributed by atoms with Crippen LogP contribution < -0.4 is 37.2 Å². The zero-order chi connectivity index (χ0) is 61.5. The Kier molecular flexibility index (Phi) is 40.0. The molecule has 7 amide bonds. The van der Waals surface area contributed by atoms with Gasteiger partial charge in [-0.15, -0.1) is 0 Å². The van der Waals surface area contributed by atoms with Crippen molar-refractivity contribution in [3.63, 3.8) is 0 Å². The van der Waals surface area contributed by atoms with Crippen LogP contribution in [0.2, 0.25) is 0 Å². The van der Waals surface area contributed by atoms with Gasteiger partial charge in [0.25, 0.3) is 0 Å². The van der Waals surface area contributed by atoms with Gasteiger partial charge in [-0.2, -0.15) is 0 Å². The van der Waals surface area contributed by atoms with E-state index in [1.54, 1.807) is 0 Å². The highest BCUT2D eigenvalue weighted by Crippen LogP contribution is 2.33. The van der Waals surface area contributed by atoms with Gasteiger partial charge >= 0.3 is 18.3 Å². The number of hydrogen-bond acceptors (Lipinski definition) is 14. The number of nitrogens with one attached hydrogen (secondary N) is 7. The van der Waals surface area contributed by atoms with E-state index in [2.05, 4.69) is 37.2 Å². The molecule has 0 aromatic rings. The van der Waals surface area contributed by atoms with Crippen molar-refractivity contribution in [1.82, 2.24) is 37.2 Å². The van der Waals surface area contributed by atoms with Crippen LogP contribution >= 0.6 is 0 Å². The Balaban J connectivity index is -0.000000404. The van der Waals surface area contributed by atoms with Crippen LogP contribution in [0.5, 0.6) is 0 Å². The van der Waals surface area contributed by atoms with E-state index < -0.39 is 41.2 Å². The molecular weight excluding hydrogens is 995 g/mol. The van der Waals surface area contributed by atoms with E-state index in [0.717, 1.165) is 38.5 Å². The summed E-state index contributed by atoms with van der Waals surface area (Å²) in [5.74, 6) is -0.271. The van der Waals surface area contributed by atoms with Crippen LogP contribution in [0.3, 0.4) is 0 Å². The van der Waals surface area contributed by atoms with Crippen LogP contribution in [0, 0.1) is 23.7 Å². The number of rotatable bonds is 15. The van der Waals surface area contributed by atoms with Crippen LogP contribution in [0.15, 0.2) is 0 Å². The van der Waals surface area contributed by atoms with Gasteiger partial charge in [0.1, 0.15) is 41.2 Å². The van der Waals surface area contributed by atoms with E-state index in [4.69, 9.17) is 14.2 Å². The summed E-state index contributed by atoms with van der Waals surface area (Å²) in [4.78, 5) is 77.1. The Bertz CT molecular complexity index is 1470. The third kappa shape index (κ3) is 54.7. The van der Waals surface area contributed by atoms with E-state index >= 15 is 0 Å². The summed E-state index contributed by atoms with van der Waals surface area (Å²) in [5, 5.41) is 55.7. The zero-order valence-electron chi connectivity index (χ0n) is 52.3. The van der Waals surface area contributed by atoms with Crippen molar-refractivity contribution in [2.24, 2.45) is 23.7 Å². The second-order valence-electron chi connectivity index (χ2n) is 25.1. The van der Waals surface area contributed by atoms with Gasteiger partial charge in [0.15, 0.2) is 0 Å². The quantitative estimate of drug-likeness (QED) is 0.0727. The fraction of sp³-hybridized carbons (Fsp3) is 0.875. The molecule has 4 unspecified atom stereocenters. The van der Waals surface area contributed by atoms with Crippen molar-refractivity contribution in [3.05, 3.63) is 0 Å². The Morgan fingerprint density at radius 3 is 0.623 bits per heavy atom. The van der Waals surface area contributed by atoms with Gasteiger partial charge in [-0.1, -0.05) is 13.8 Å². The van der Waals surface area contributed by atoms with Gasteiger partial charge in [0.2, 0.25) is 23.6 Å². The standard InChI is InChI=1S/3C8H15NO2.4C8H17NO2/c3*1-5(2)9-8(11)7(10)6-3-4-6;3*1-6(2)9-7(10)11-8(3,4)5;1-5(2)7(10)8(11)9-6(3)4/h3*5-7,10H,3-4H2,1-2H3,(H,9,11);3*6H,1-5H3,(H,9,10);5-7,10H,1-4H3,(H,9,11). The lowest BCUT2D eigenvalue weighted by Crippen LogP contribution is -2.41. The zero-order valence-corrected chi connectivity index (χ0v) is 52.3. The summed E-state index contributed by atoms with van der Waals surface area (Å²) < 4.78 is 15.0. The predicted octanol–water partition coefficient (Wildman–Crippen LogP) is 7.13. The molecule has 0 heterocycles. The minimum Gasteiger partial charge on any atom is -0.444 e. The summed E-state index contributed by atoms with van der Waals surface area (Å²) in [6.07, 6.45) is 1.72. The van der Waals surface area contributed by atoms with Crippen LogP contribution in [0.4, 0.5) is 14.4 Å². The predicted molar refractivity (Wildman–Crippen MR) is 304 cm³/mol. The van der Waals surface area contributed by atoms with Crippen LogP contribution in [-0.2, 0) is 33.4 Å². The van der Waals surface area contributed by atoms with Crippen molar-refractivity contribution in [1.29, 1.82) is 0 Å². The Morgan fingerprint density at radius 2 is 0.494 bits per heavy atom. The number of carbonyl (C=O) groups excluding carboxylic acids is 7. The first-order valence-corrected chi connectivity index (χ1v) is 27.6. The maximum absolute atomic E-state index is 11.1. The molecule has 0 saturated heterocycles. The summed E-state index contributed by atoms with van der Waals surface area (Å²) in [7, 11) is 0. The molecule has 3 saturated carbocycles. The van der Waals surface area contributed by atoms with Crippen molar-refractivity contribution < 1.29 is 68.2 Å². The molecule has 456 valence electrons. The first-order valence-electron chi connectivity index (χ1n) is 27.6. The SMILES string of the molecule is CC(C)NC(=O)C(O)C(C)C.CC(C)NC(=O)C(O)C1CC1.CC(C)NC(=O)C(O)C1CC1.CC(C)NC(=O)C(O)C1CC1.CC(C)NC(=O)OC(C)(C)C.CC(C)NC(=O)OC(C)(C)C.CC(C)NC(=O)OC(C)(C)C. The van der Waals surface area contributed by atoms with Gasteiger partial charge in [0, 0.05) is 42.3 Å². The maximum Gasteiger partial charge on any atom is 0.407 e. The second-order valence-corrected chi connectivity index (χ2v) is 25.1. The minimum absolute atomic E-state index is 0.0197. The van der Waals surface area contributed by atoms with E-state index in [9.17, 15) is 54.0 Å². The van der Waals surface area contributed by atoms with Gasteiger partial charge in [-0.3, -0.25) is 19.2 Å². The molecule has 21 nitrogen and oxygen atoms in total. The van der Waals surface area contributed by atoms with Gasteiger partial charge in [0.05, 0.1) is 0 Å². The minimum atomic E-state index is -0.877. The lowest BCUT2D eigenvalue weighted by Gasteiger charge is -2.20. The lowest BCUT2D eigenvalue weighted by atomic mass is 10.1. The molecule has 11 N–H and O–H groups in total. The van der Waals surface area contributed by atoms with Gasteiger partial charge in [-0.05, 0) is 221 Å². The van der Waals surface area contributed by atoms with E-state index in [0.29, 0.717) is 0 Å². The summed E-state index contributed by atoms with van der Waals surface area (Å²) >= 11 is 0. The number of carbonyl (C=O) groups is 7. The smallest absolute Gasteiger partial charge is 0.407 e. The lowest BCUT2D eigenvalue weighted by molar-refractivity contribution is -0.132. The normalized spacial score (nSPS) is 15.4. The van der Waals surface area contributed by atoms with Crippen LogP contribution in [0.25, 0.3) is 0 Å². The highest BCUT2D eigenvalue weighted by atomic mass is 16.6. The number of alkyl carbamates (subject to hydrolysis) is 3. The van der Waals surface area contributed by atoms with E-state index in [-0.39, 0.29) is 108 Å². The molecule has 0 radical (unpaired) electrons. The number of amides is 7. The van der Waals surface area contributed by atoms with Gasteiger partial charge < -0.3 is 71.9 Å². The van der Waals surface area contributed by atoms with Crippen molar-refractivity contribution in [2.45, 2.75) is 295 Å². The second kappa shape index (κ2) is 39.0. The molecule has 3 fully saturated rings. The molecule has 0 aromatic heterocycles. The fourth-order valence-corrected chi connectivity index (χ4v) is 5.29. The summed E-state index contributed by atoms with van der Waals surface area (Å²) in [5.41, 5.74) is -1.21.